The maximum Gasteiger partial charge on any atom is 0.141 e. The fourth-order valence-corrected chi connectivity index (χ4v) is 3.41. The number of fused-ring (bicyclic) bond motifs is 1. The summed E-state index contributed by atoms with van der Waals surface area (Å²) in [6, 6.07) is 11.4. The average Bonchev–Trinajstić information content (AvgIpc) is 2.40. The SMILES string of the molecule is Clc1cccc(Nc2ncnc3c(Br)cc(Br)cc23)c1. The number of hydrogen-bond donors (Lipinski definition) is 1. The highest BCUT2D eigenvalue weighted by Crippen LogP contribution is 2.31. The van der Waals surface area contributed by atoms with Gasteiger partial charge in [0.15, 0.2) is 0 Å². The summed E-state index contributed by atoms with van der Waals surface area (Å²) in [5.41, 5.74) is 1.74. The maximum absolute atomic E-state index is 5.99. The minimum absolute atomic E-state index is 0.677. The second-order valence-corrected chi connectivity index (χ2v) is 6.35. The van der Waals surface area contributed by atoms with Crippen molar-refractivity contribution in [2.24, 2.45) is 0 Å². The lowest BCUT2D eigenvalue weighted by molar-refractivity contribution is 1.21. The first-order valence-electron chi connectivity index (χ1n) is 5.76. The van der Waals surface area contributed by atoms with Crippen molar-refractivity contribution in [2.75, 3.05) is 5.32 Å². The molecule has 0 unspecified atom stereocenters. The Balaban J connectivity index is 2.12. The van der Waals surface area contributed by atoms with Crippen molar-refractivity contribution in [1.29, 1.82) is 0 Å². The van der Waals surface area contributed by atoms with E-state index in [1.165, 1.54) is 6.33 Å². The van der Waals surface area contributed by atoms with Gasteiger partial charge in [0, 0.05) is 25.0 Å². The number of aromatic nitrogens is 2. The van der Waals surface area contributed by atoms with E-state index in [4.69, 9.17) is 11.6 Å². The lowest BCUT2D eigenvalue weighted by Crippen LogP contribution is -1.96. The summed E-state index contributed by atoms with van der Waals surface area (Å²) in [5, 5.41) is 4.87. The molecule has 1 aromatic heterocycles. The van der Waals surface area contributed by atoms with Crippen molar-refractivity contribution >= 4 is 65.9 Å². The molecule has 0 fully saturated rings. The Kier molecular flexibility index (Phi) is 3.92. The maximum atomic E-state index is 5.99. The summed E-state index contributed by atoms with van der Waals surface area (Å²) in [6.45, 7) is 0. The molecule has 0 amide bonds. The van der Waals surface area contributed by atoms with Crippen LogP contribution in [0, 0.1) is 0 Å². The predicted octanol–water partition coefficient (Wildman–Crippen LogP) is 5.55. The molecule has 0 aliphatic rings. The molecule has 0 spiro atoms. The minimum Gasteiger partial charge on any atom is -0.340 e. The van der Waals surface area contributed by atoms with E-state index in [-0.39, 0.29) is 0 Å². The van der Waals surface area contributed by atoms with Gasteiger partial charge in [-0.1, -0.05) is 33.6 Å². The summed E-state index contributed by atoms with van der Waals surface area (Å²) in [6.07, 6.45) is 1.54. The smallest absolute Gasteiger partial charge is 0.141 e. The van der Waals surface area contributed by atoms with Gasteiger partial charge in [0.2, 0.25) is 0 Å². The molecule has 0 atom stereocenters. The number of hydrogen-bond acceptors (Lipinski definition) is 3. The van der Waals surface area contributed by atoms with E-state index in [0.29, 0.717) is 5.02 Å². The Morgan fingerprint density at radius 2 is 1.90 bits per heavy atom. The van der Waals surface area contributed by atoms with Crippen LogP contribution in [0.5, 0.6) is 0 Å². The molecule has 0 aliphatic carbocycles. The Morgan fingerprint density at radius 3 is 2.70 bits per heavy atom. The van der Waals surface area contributed by atoms with Crippen LogP contribution in [0.1, 0.15) is 0 Å². The molecule has 0 saturated carbocycles. The molecular formula is C14H8Br2ClN3. The van der Waals surface area contributed by atoms with Crippen molar-refractivity contribution < 1.29 is 0 Å². The van der Waals surface area contributed by atoms with Crippen LogP contribution in [0.25, 0.3) is 10.9 Å². The monoisotopic (exact) mass is 411 g/mol. The van der Waals surface area contributed by atoms with Gasteiger partial charge in [0.1, 0.15) is 12.1 Å². The van der Waals surface area contributed by atoms with Crippen molar-refractivity contribution in [2.45, 2.75) is 0 Å². The van der Waals surface area contributed by atoms with Gasteiger partial charge < -0.3 is 5.32 Å². The van der Waals surface area contributed by atoms with Crippen LogP contribution >= 0.6 is 43.5 Å². The third-order valence-corrected chi connectivity index (χ3v) is 4.04. The highest BCUT2D eigenvalue weighted by Gasteiger charge is 2.08. The zero-order chi connectivity index (χ0) is 14.1. The Morgan fingerprint density at radius 1 is 1.05 bits per heavy atom. The first-order chi connectivity index (χ1) is 9.63. The second kappa shape index (κ2) is 5.68. The van der Waals surface area contributed by atoms with E-state index in [1.807, 2.05) is 36.4 Å². The molecule has 3 aromatic rings. The molecule has 2 aromatic carbocycles. The minimum atomic E-state index is 0.677. The van der Waals surface area contributed by atoms with Gasteiger partial charge >= 0.3 is 0 Å². The highest BCUT2D eigenvalue weighted by molar-refractivity contribution is 9.11. The Hall–Kier alpha value is -1.17. The first kappa shape index (κ1) is 13.8. The van der Waals surface area contributed by atoms with E-state index in [9.17, 15) is 0 Å². The number of halogens is 3. The van der Waals surface area contributed by atoms with Gasteiger partial charge in [-0.05, 0) is 46.3 Å². The van der Waals surface area contributed by atoms with Crippen molar-refractivity contribution in [3.63, 3.8) is 0 Å². The first-order valence-corrected chi connectivity index (χ1v) is 7.72. The molecule has 0 saturated heterocycles. The van der Waals surface area contributed by atoms with Gasteiger partial charge in [0.25, 0.3) is 0 Å². The largest absolute Gasteiger partial charge is 0.340 e. The normalized spacial score (nSPS) is 10.8. The zero-order valence-corrected chi connectivity index (χ0v) is 14.0. The van der Waals surface area contributed by atoms with Crippen LogP contribution in [0.15, 0.2) is 51.7 Å². The molecule has 3 rings (SSSR count). The third kappa shape index (κ3) is 2.80. The van der Waals surface area contributed by atoms with E-state index in [2.05, 4.69) is 47.1 Å². The van der Waals surface area contributed by atoms with Crippen molar-refractivity contribution in [3.05, 3.63) is 56.7 Å². The molecule has 1 N–H and O–H groups in total. The number of benzene rings is 2. The molecule has 0 aliphatic heterocycles. The summed E-state index contributed by atoms with van der Waals surface area (Å²) in [7, 11) is 0. The van der Waals surface area contributed by atoms with Crippen LogP contribution in [0.2, 0.25) is 5.02 Å². The van der Waals surface area contributed by atoms with Crippen LogP contribution in [0.4, 0.5) is 11.5 Å². The lowest BCUT2D eigenvalue weighted by Gasteiger charge is -2.09. The fourth-order valence-electron chi connectivity index (χ4n) is 1.89. The number of nitrogens with one attached hydrogen (secondary N) is 1. The molecular weight excluding hydrogens is 405 g/mol. The quantitative estimate of drug-likeness (QED) is 0.598. The van der Waals surface area contributed by atoms with Crippen molar-refractivity contribution in [1.82, 2.24) is 9.97 Å². The number of rotatable bonds is 2. The van der Waals surface area contributed by atoms with Gasteiger partial charge in [-0.3, -0.25) is 0 Å². The molecule has 0 bridgehead atoms. The molecule has 100 valence electrons. The topological polar surface area (TPSA) is 37.8 Å². The zero-order valence-electron chi connectivity index (χ0n) is 10.1. The summed E-state index contributed by atoms with van der Waals surface area (Å²) in [4.78, 5) is 8.60. The fraction of sp³-hybridized carbons (Fsp3) is 0. The summed E-state index contributed by atoms with van der Waals surface area (Å²) >= 11 is 13.0. The van der Waals surface area contributed by atoms with Gasteiger partial charge in [0.05, 0.1) is 5.52 Å². The average molecular weight is 414 g/mol. The number of nitrogens with zero attached hydrogens (tertiary/aromatic N) is 2. The van der Waals surface area contributed by atoms with Crippen LogP contribution in [0.3, 0.4) is 0 Å². The van der Waals surface area contributed by atoms with Crippen LogP contribution < -0.4 is 5.32 Å². The Bertz CT molecular complexity index is 792. The van der Waals surface area contributed by atoms with Gasteiger partial charge in [-0.25, -0.2) is 9.97 Å². The molecule has 0 radical (unpaired) electrons. The van der Waals surface area contributed by atoms with E-state index < -0.39 is 0 Å². The summed E-state index contributed by atoms with van der Waals surface area (Å²) < 4.78 is 1.87. The van der Waals surface area contributed by atoms with Crippen LogP contribution in [-0.2, 0) is 0 Å². The van der Waals surface area contributed by atoms with E-state index in [1.54, 1.807) is 0 Å². The predicted molar refractivity (Wildman–Crippen MR) is 89.7 cm³/mol. The van der Waals surface area contributed by atoms with Gasteiger partial charge in [-0.2, -0.15) is 0 Å². The lowest BCUT2D eigenvalue weighted by atomic mass is 10.2. The molecule has 20 heavy (non-hydrogen) atoms. The Labute approximate surface area is 137 Å². The second-order valence-electron chi connectivity index (χ2n) is 4.14. The van der Waals surface area contributed by atoms with Gasteiger partial charge in [-0.15, -0.1) is 0 Å². The molecule has 3 nitrogen and oxygen atoms in total. The summed E-state index contributed by atoms with van der Waals surface area (Å²) in [5.74, 6) is 0.735. The molecule has 6 heteroatoms. The van der Waals surface area contributed by atoms with E-state index >= 15 is 0 Å². The highest BCUT2D eigenvalue weighted by atomic mass is 79.9. The van der Waals surface area contributed by atoms with E-state index in [0.717, 1.165) is 31.4 Å². The number of anilines is 2. The van der Waals surface area contributed by atoms with Crippen LogP contribution in [-0.4, -0.2) is 9.97 Å². The standard InChI is InChI=1S/C14H8Br2ClN3/c15-8-4-11-13(12(16)5-8)18-7-19-14(11)20-10-3-1-2-9(17)6-10/h1-7H,(H,18,19,20). The molecule has 1 heterocycles. The van der Waals surface area contributed by atoms with Crippen molar-refractivity contribution in [3.8, 4) is 0 Å². The third-order valence-electron chi connectivity index (χ3n) is 2.74.